The highest BCUT2D eigenvalue weighted by Crippen LogP contribution is 2.40. The smallest absolute Gasteiger partial charge is 0.264 e. The Morgan fingerprint density at radius 1 is 1.31 bits per heavy atom. The molecule has 1 atom stereocenters. The van der Waals surface area contributed by atoms with Gasteiger partial charge in [-0.15, -0.1) is 0 Å². The first kappa shape index (κ1) is 19.2. The lowest BCUT2D eigenvalue weighted by Crippen LogP contribution is -2.34. The molecule has 0 spiro atoms. The predicted molar refractivity (Wildman–Crippen MR) is 107 cm³/mol. The van der Waals surface area contributed by atoms with Crippen molar-refractivity contribution in [2.45, 2.75) is 38.1 Å². The van der Waals surface area contributed by atoms with Gasteiger partial charge in [0.25, 0.3) is 10.0 Å². The number of hydrogen-bond donors (Lipinski definition) is 1. The van der Waals surface area contributed by atoms with E-state index < -0.39 is 10.0 Å². The van der Waals surface area contributed by atoms with Gasteiger partial charge in [0.1, 0.15) is 4.90 Å². The number of anilines is 2. The summed E-state index contributed by atoms with van der Waals surface area (Å²) in [6, 6.07) is 8.25. The van der Waals surface area contributed by atoms with E-state index in [0.717, 1.165) is 11.1 Å². The number of carbonyl (C=O) groups excluding carboxylic acids is 1. The summed E-state index contributed by atoms with van der Waals surface area (Å²) in [7, 11) is -3.91. The van der Waals surface area contributed by atoms with Gasteiger partial charge in [0, 0.05) is 22.5 Å². The number of benzene rings is 2. The number of rotatable bonds is 3. The number of halogens is 2. The van der Waals surface area contributed by atoms with Crippen molar-refractivity contribution in [3.05, 3.63) is 51.0 Å². The highest BCUT2D eigenvalue weighted by atomic mass is 79.9. The molecule has 1 N–H and O–H groups in total. The third-order valence-corrected chi connectivity index (χ3v) is 6.63. The van der Waals surface area contributed by atoms with Gasteiger partial charge >= 0.3 is 0 Å². The van der Waals surface area contributed by atoms with E-state index in [1.165, 1.54) is 13.0 Å². The molecule has 1 amide bonds. The van der Waals surface area contributed by atoms with Gasteiger partial charge in [-0.05, 0) is 55.7 Å². The van der Waals surface area contributed by atoms with E-state index in [-0.39, 0.29) is 16.8 Å². The van der Waals surface area contributed by atoms with Crippen LogP contribution in [0.5, 0.6) is 0 Å². The second kappa shape index (κ2) is 6.87. The molecule has 138 valence electrons. The maximum Gasteiger partial charge on any atom is 0.264 e. The minimum absolute atomic E-state index is 0.0677. The fraction of sp³-hybridized carbons (Fsp3) is 0.278. The van der Waals surface area contributed by atoms with Crippen molar-refractivity contribution in [2.24, 2.45) is 0 Å². The molecule has 2 aromatic rings. The Kier molecular flexibility index (Phi) is 5.07. The summed E-state index contributed by atoms with van der Waals surface area (Å²) >= 11 is 9.47. The Labute approximate surface area is 166 Å². The minimum atomic E-state index is -3.91. The van der Waals surface area contributed by atoms with Crippen LogP contribution in [0.1, 0.15) is 25.0 Å². The summed E-state index contributed by atoms with van der Waals surface area (Å²) in [5, 5.41) is 0.476. The number of aryl methyl sites for hydroxylation is 1. The van der Waals surface area contributed by atoms with Gasteiger partial charge in [0.05, 0.1) is 11.4 Å². The number of amides is 1. The highest BCUT2D eigenvalue weighted by molar-refractivity contribution is 9.10. The molecule has 8 heteroatoms. The molecule has 0 radical (unpaired) electrons. The normalized spacial score (nSPS) is 16.5. The molecular formula is C18H18BrClN2O3S. The summed E-state index contributed by atoms with van der Waals surface area (Å²) in [6.45, 7) is 5.18. The monoisotopic (exact) mass is 456 g/mol. The lowest BCUT2D eigenvalue weighted by molar-refractivity contribution is -0.116. The van der Waals surface area contributed by atoms with Gasteiger partial charge < -0.3 is 4.90 Å². The first-order valence-electron chi connectivity index (χ1n) is 8.01. The van der Waals surface area contributed by atoms with E-state index in [1.54, 1.807) is 23.1 Å². The van der Waals surface area contributed by atoms with Crippen molar-refractivity contribution >= 4 is 54.8 Å². The van der Waals surface area contributed by atoms with E-state index in [1.807, 2.05) is 19.9 Å². The van der Waals surface area contributed by atoms with Crippen LogP contribution in [-0.4, -0.2) is 20.4 Å². The zero-order valence-electron chi connectivity index (χ0n) is 14.5. The summed E-state index contributed by atoms with van der Waals surface area (Å²) < 4.78 is 29.4. The van der Waals surface area contributed by atoms with E-state index in [4.69, 9.17) is 11.6 Å². The van der Waals surface area contributed by atoms with Crippen molar-refractivity contribution < 1.29 is 13.2 Å². The van der Waals surface area contributed by atoms with Gasteiger partial charge in [-0.25, -0.2) is 8.42 Å². The SMILES string of the molecule is CC(=O)N1c2c(cc(Br)cc2S(=O)(=O)Nc2ccc(C)c(Cl)c2)CC1C. The molecule has 1 heterocycles. The van der Waals surface area contributed by atoms with Crippen LogP contribution in [0.25, 0.3) is 0 Å². The average molecular weight is 458 g/mol. The van der Waals surface area contributed by atoms with E-state index in [9.17, 15) is 13.2 Å². The van der Waals surface area contributed by atoms with E-state index in [2.05, 4.69) is 20.7 Å². The van der Waals surface area contributed by atoms with Gasteiger partial charge in [-0.1, -0.05) is 33.6 Å². The summed E-state index contributed by atoms with van der Waals surface area (Å²) in [6.07, 6.45) is 0.604. The maximum absolute atomic E-state index is 13.1. The second-order valence-electron chi connectivity index (χ2n) is 6.42. The Morgan fingerprint density at radius 2 is 2.00 bits per heavy atom. The third-order valence-electron chi connectivity index (χ3n) is 4.37. The second-order valence-corrected chi connectivity index (χ2v) is 9.40. The predicted octanol–water partition coefficient (Wildman–Crippen LogP) is 4.51. The standard InChI is InChI=1S/C18H18BrClN2O3S/c1-10-4-5-15(9-16(10)20)21-26(24,25)17-8-14(19)7-13-6-11(2)22(12(3)23)18(13)17/h4-5,7-9,11,21H,6H2,1-3H3. The summed E-state index contributed by atoms with van der Waals surface area (Å²) in [5.74, 6) is -0.187. The van der Waals surface area contributed by atoms with Crippen molar-refractivity contribution in [1.29, 1.82) is 0 Å². The van der Waals surface area contributed by atoms with Crippen molar-refractivity contribution in [2.75, 3.05) is 9.62 Å². The molecule has 0 saturated heterocycles. The Balaban J connectivity index is 2.11. The van der Waals surface area contributed by atoms with E-state index >= 15 is 0 Å². The quantitative estimate of drug-likeness (QED) is 0.737. The number of nitrogens with zero attached hydrogens (tertiary/aromatic N) is 1. The molecular weight excluding hydrogens is 440 g/mol. The fourth-order valence-corrected chi connectivity index (χ4v) is 5.38. The number of nitrogens with one attached hydrogen (secondary N) is 1. The third kappa shape index (κ3) is 3.48. The van der Waals surface area contributed by atoms with Crippen LogP contribution in [0.15, 0.2) is 39.7 Å². The topological polar surface area (TPSA) is 66.5 Å². The van der Waals surface area contributed by atoms with Crippen molar-refractivity contribution in [3.63, 3.8) is 0 Å². The first-order valence-corrected chi connectivity index (χ1v) is 10.7. The van der Waals surface area contributed by atoms with Gasteiger partial charge in [-0.3, -0.25) is 9.52 Å². The molecule has 0 saturated carbocycles. The lowest BCUT2D eigenvalue weighted by atomic mass is 10.1. The molecule has 1 aliphatic heterocycles. The van der Waals surface area contributed by atoms with Crippen LogP contribution in [-0.2, 0) is 21.2 Å². The molecule has 5 nitrogen and oxygen atoms in total. The molecule has 0 bridgehead atoms. The summed E-state index contributed by atoms with van der Waals surface area (Å²) in [5.41, 5.74) is 2.49. The van der Waals surface area contributed by atoms with Gasteiger partial charge in [-0.2, -0.15) is 0 Å². The fourth-order valence-electron chi connectivity index (χ4n) is 3.23. The number of sulfonamides is 1. The van der Waals surface area contributed by atoms with E-state index in [0.29, 0.717) is 27.3 Å². The molecule has 26 heavy (non-hydrogen) atoms. The van der Waals surface area contributed by atoms with Gasteiger partial charge in [0.2, 0.25) is 5.91 Å². The first-order chi connectivity index (χ1) is 12.1. The molecule has 0 aromatic heterocycles. The van der Waals surface area contributed by atoms with Crippen LogP contribution in [0.2, 0.25) is 5.02 Å². The van der Waals surface area contributed by atoms with Crippen LogP contribution in [0, 0.1) is 6.92 Å². The highest BCUT2D eigenvalue weighted by Gasteiger charge is 2.35. The Hall–Kier alpha value is -1.57. The molecule has 0 fully saturated rings. The molecule has 2 aromatic carbocycles. The zero-order valence-corrected chi connectivity index (χ0v) is 17.7. The Bertz CT molecular complexity index is 1010. The Morgan fingerprint density at radius 3 is 2.62 bits per heavy atom. The van der Waals surface area contributed by atoms with Crippen LogP contribution in [0.3, 0.4) is 0 Å². The van der Waals surface area contributed by atoms with Crippen LogP contribution in [0.4, 0.5) is 11.4 Å². The van der Waals surface area contributed by atoms with Crippen LogP contribution < -0.4 is 9.62 Å². The lowest BCUT2D eigenvalue weighted by Gasteiger charge is -2.23. The number of carbonyl (C=O) groups is 1. The number of hydrogen-bond acceptors (Lipinski definition) is 3. The largest absolute Gasteiger partial charge is 0.308 e. The molecule has 3 rings (SSSR count). The summed E-state index contributed by atoms with van der Waals surface area (Å²) in [4.78, 5) is 13.7. The minimum Gasteiger partial charge on any atom is -0.308 e. The van der Waals surface area contributed by atoms with Crippen molar-refractivity contribution in [3.8, 4) is 0 Å². The van der Waals surface area contributed by atoms with Crippen LogP contribution >= 0.6 is 27.5 Å². The molecule has 1 unspecified atom stereocenters. The average Bonchev–Trinajstić information content (AvgIpc) is 2.85. The zero-order chi connectivity index (χ0) is 19.2. The molecule has 0 aliphatic carbocycles. The maximum atomic E-state index is 13.1. The molecule has 1 aliphatic rings. The number of fused-ring (bicyclic) bond motifs is 1. The van der Waals surface area contributed by atoms with Gasteiger partial charge in [0.15, 0.2) is 0 Å². The van der Waals surface area contributed by atoms with Crippen molar-refractivity contribution in [1.82, 2.24) is 0 Å².